The second-order valence-corrected chi connectivity index (χ2v) is 5.37. The molecule has 2 rings (SSSR count). The van der Waals surface area contributed by atoms with Gasteiger partial charge < -0.3 is 15.4 Å². The maximum atomic E-state index is 11.9. The summed E-state index contributed by atoms with van der Waals surface area (Å²) >= 11 is 0. The molecule has 0 aliphatic heterocycles. The highest BCUT2D eigenvalue weighted by Gasteiger charge is 2.13. The number of carbonyl (C=O) groups excluding carboxylic acids is 3. The fourth-order valence-corrected chi connectivity index (χ4v) is 2.13. The van der Waals surface area contributed by atoms with Gasteiger partial charge in [-0.1, -0.05) is 6.07 Å². The van der Waals surface area contributed by atoms with Crippen LogP contribution in [0.25, 0.3) is 0 Å². The highest BCUT2D eigenvalue weighted by atomic mass is 16.6. The molecule has 9 nitrogen and oxygen atoms in total. The lowest BCUT2D eigenvalue weighted by molar-refractivity contribution is -0.384. The van der Waals surface area contributed by atoms with Crippen LogP contribution in [0.1, 0.15) is 27.6 Å². The Morgan fingerprint density at radius 3 is 2.41 bits per heavy atom. The number of amides is 2. The average Bonchev–Trinajstić information content (AvgIpc) is 2.66. The number of hydrogen-bond donors (Lipinski definition) is 2. The molecule has 9 heteroatoms. The van der Waals surface area contributed by atoms with Crippen LogP contribution in [-0.4, -0.2) is 35.9 Å². The van der Waals surface area contributed by atoms with Crippen molar-refractivity contribution in [3.05, 3.63) is 69.8 Å². The van der Waals surface area contributed by atoms with Crippen LogP contribution in [0.2, 0.25) is 0 Å². The third-order valence-corrected chi connectivity index (χ3v) is 3.39. The van der Waals surface area contributed by atoms with Crippen molar-refractivity contribution >= 4 is 29.2 Å². The van der Waals surface area contributed by atoms with E-state index < -0.39 is 23.4 Å². The lowest BCUT2D eigenvalue weighted by atomic mass is 10.2. The number of nitrogens with one attached hydrogen (secondary N) is 2. The molecule has 140 valence electrons. The Kier molecular flexibility index (Phi) is 6.59. The topological polar surface area (TPSA) is 128 Å². The first-order valence-corrected chi connectivity index (χ1v) is 8.00. The van der Waals surface area contributed by atoms with E-state index >= 15 is 0 Å². The number of benzene rings is 2. The fourth-order valence-electron chi connectivity index (χ4n) is 2.13. The molecule has 27 heavy (non-hydrogen) atoms. The van der Waals surface area contributed by atoms with E-state index in [1.165, 1.54) is 30.3 Å². The summed E-state index contributed by atoms with van der Waals surface area (Å²) in [7, 11) is 0. The van der Waals surface area contributed by atoms with Crippen molar-refractivity contribution in [2.45, 2.75) is 6.92 Å². The number of anilines is 1. The predicted octanol–water partition coefficient (Wildman–Crippen LogP) is 2.14. The molecule has 0 aliphatic rings. The van der Waals surface area contributed by atoms with Crippen molar-refractivity contribution < 1.29 is 24.0 Å². The number of ether oxygens (including phenoxy) is 1. The Morgan fingerprint density at radius 1 is 1.07 bits per heavy atom. The van der Waals surface area contributed by atoms with Crippen LogP contribution in [-0.2, 0) is 9.53 Å². The number of nitrogens with zero attached hydrogens (tertiary/aromatic N) is 1. The van der Waals surface area contributed by atoms with Gasteiger partial charge in [0.1, 0.15) is 0 Å². The van der Waals surface area contributed by atoms with Crippen molar-refractivity contribution in [3.8, 4) is 0 Å². The largest absolute Gasteiger partial charge is 0.452 e. The maximum Gasteiger partial charge on any atom is 0.338 e. The second-order valence-electron chi connectivity index (χ2n) is 5.37. The summed E-state index contributed by atoms with van der Waals surface area (Å²) in [6.07, 6.45) is 0. The van der Waals surface area contributed by atoms with Crippen LogP contribution in [0.4, 0.5) is 11.4 Å². The zero-order valence-corrected chi connectivity index (χ0v) is 14.4. The van der Waals surface area contributed by atoms with E-state index in [4.69, 9.17) is 4.74 Å². The fraction of sp³-hybridized carbons (Fsp3) is 0.167. The minimum Gasteiger partial charge on any atom is -0.452 e. The van der Waals surface area contributed by atoms with Crippen LogP contribution in [0.3, 0.4) is 0 Å². The van der Waals surface area contributed by atoms with E-state index in [0.717, 1.165) is 0 Å². The lowest BCUT2D eigenvalue weighted by Gasteiger charge is -2.08. The lowest BCUT2D eigenvalue weighted by Crippen LogP contribution is -2.23. The Hall–Kier alpha value is -3.75. The summed E-state index contributed by atoms with van der Waals surface area (Å²) in [5, 5.41) is 15.8. The summed E-state index contributed by atoms with van der Waals surface area (Å²) in [6, 6.07) is 11.1. The van der Waals surface area contributed by atoms with E-state index in [0.29, 0.717) is 17.8 Å². The molecular formula is C18H17N3O6. The number of hydrogen-bond acceptors (Lipinski definition) is 6. The van der Waals surface area contributed by atoms with Crippen LogP contribution in [0, 0.1) is 10.1 Å². The Bertz CT molecular complexity index is 864. The Morgan fingerprint density at radius 2 is 1.78 bits per heavy atom. The van der Waals surface area contributed by atoms with Crippen molar-refractivity contribution in [2.75, 3.05) is 18.5 Å². The van der Waals surface area contributed by atoms with E-state index in [-0.39, 0.29) is 17.2 Å². The van der Waals surface area contributed by atoms with Crippen LogP contribution in [0.5, 0.6) is 0 Å². The highest BCUT2D eigenvalue weighted by molar-refractivity contribution is 5.98. The van der Waals surface area contributed by atoms with Crippen LogP contribution >= 0.6 is 0 Å². The van der Waals surface area contributed by atoms with Gasteiger partial charge in [0, 0.05) is 29.9 Å². The van der Waals surface area contributed by atoms with Gasteiger partial charge in [0.05, 0.1) is 10.5 Å². The summed E-state index contributed by atoms with van der Waals surface area (Å²) < 4.78 is 4.88. The molecule has 0 saturated heterocycles. The molecular weight excluding hydrogens is 354 g/mol. The first-order chi connectivity index (χ1) is 12.9. The van der Waals surface area contributed by atoms with Crippen molar-refractivity contribution in [1.29, 1.82) is 0 Å². The van der Waals surface area contributed by atoms with Crippen molar-refractivity contribution in [3.63, 3.8) is 0 Å². The molecule has 0 aromatic heterocycles. The Labute approximate surface area is 154 Å². The van der Waals surface area contributed by atoms with Gasteiger partial charge >= 0.3 is 5.97 Å². The van der Waals surface area contributed by atoms with Gasteiger partial charge in [-0.25, -0.2) is 4.79 Å². The predicted molar refractivity (Wildman–Crippen MR) is 96.5 cm³/mol. The normalized spacial score (nSPS) is 9.96. The number of nitro groups is 1. The number of rotatable bonds is 7. The van der Waals surface area contributed by atoms with Gasteiger partial charge in [0.25, 0.3) is 17.5 Å². The molecule has 0 saturated carbocycles. The molecule has 0 spiro atoms. The molecule has 0 bridgehead atoms. The van der Waals surface area contributed by atoms with E-state index in [1.54, 1.807) is 25.1 Å². The summed E-state index contributed by atoms with van der Waals surface area (Å²) in [5.74, 6) is -1.63. The van der Waals surface area contributed by atoms with Crippen LogP contribution in [0.15, 0.2) is 48.5 Å². The number of non-ortho nitro benzene ring substituents is 1. The summed E-state index contributed by atoms with van der Waals surface area (Å²) in [4.78, 5) is 45.6. The molecule has 0 fully saturated rings. The summed E-state index contributed by atoms with van der Waals surface area (Å²) in [6.45, 7) is 1.73. The standard InChI is InChI=1S/C18H17N3O6/c1-2-19-17(23)13-4-3-5-14(10-13)20-16(22)11-27-18(24)12-6-8-15(9-7-12)21(25)26/h3-10H,2,11H2,1H3,(H,19,23)(H,20,22). The Balaban J connectivity index is 1.90. The second kappa shape index (κ2) is 9.09. The molecule has 0 atom stereocenters. The SMILES string of the molecule is CCNC(=O)c1cccc(NC(=O)COC(=O)c2ccc([N+](=O)[O-])cc2)c1. The number of carbonyl (C=O) groups is 3. The van der Waals surface area contributed by atoms with Gasteiger partial charge in [0.15, 0.2) is 6.61 Å². The van der Waals surface area contributed by atoms with Gasteiger partial charge in [-0.2, -0.15) is 0 Å². The number of esters is 1. The zero-order valence-electron chi connectivity index (χ0n) is 14.4. The average molecular weight is 371 g/mol. The maximum absolute atomic E-state index is 11.9. The molecule has 2 aromatic rings. The van der Waals surface area contributed by atoms with E-state index in [9.17, 15) is 24.5 Å². The third kappa shape index (κ3) is 5.63. The van der Waals surface area contributed by atoms with E-state index in [2.05, 4.69) is 10.6 Å². The first kappa shape index (κ1) is 19.6. The third-order valence-electron chi connectivity index (χ3n) is 3.39. The van der Waals surface area contributed by atoms with Crippen molar-refractivity contribution in [2.24, 2.45) is 0 Å². The zero-order chi connectivity index (χ0) is 19.8. The van der Waals surface area contributed by atoms with Gasteiger partial charge in [0.2, 0.25) is 0 Å². The quantitative estimate of drug-likeness (QED) is 0.436. The van der Waals surface area contributed by atoms with Gasteiger partial charge in [-0.05, 0) is 37.3 Å². The molecule has 0 heterocycles. The van der Waals surface area contributed by atoms with Gasteiger partial charge in [-0.3, -0.25) is 19.7 Å². The van der Waals surface area contributed by atoms with Crippen LogP contribution < -0.4 is 10.6 Å². The molecule has 2 amide bonds. The van der Waals surface area contributed by atoms with Crippen molar-refractivity contribution in [1.82, 2.24) is 5.32 Å². The first-order valence-electron chi connectivity index (χ1n) is 8.00. The minimum atomic E-state index is -0.781. The van der Waals surface area contributed by atoms with E-state index in [1.807, 2.05) is 0 Å². The minimum absolute atomic E-state index is 0.0895. The monoisotopic (exact) mass is 371 g/mol. The smallest absolute Gasteiger partial charge is 0.338 e. The molecule has 0 aliphatic carbocycles. The number of nitro benzene ring substituents is 1. The van der Waals surface area contributed by atoms with Gasteiger partial charge in [-0.15, -0.1) is 0 Å². The molecule has 0 unspecified atom stereocenters. The summed E-state index contributed by atoms with van der Waals surface area (Å²) in [5.41, 5.74) is 0.704. The highest BCUT2D eigenvalue weighted by Crippen LogP contribution is 2.13. The molecule has 2 aromatic carbocycles. The molecule has 0 radical (unpaired) electrons. The molecule has 2 N–H and O–H groups in total.